The van der Waals surface area contributed by atoms with Crippen molar-refractivity contribution in [2.45, 2.75) is 46.2 Å². The fourth-order valence-corrected chi connectivity index (χ4v) is 5.79. The Labute approximate surface area is 187 Å². The maximum absolute atomic E-state index is 12.3. The number of halogens is 4. The third-order valence-electron chi connectivity index (χ3n) is 5.45. The van der Waals surface area contributed by atoms with Gasteiger partial charge in [-0.25, -0.2) is 0 Å². The molecular formula is C18H20Br4N2O2. The molecule has 4 nitrogen and oxygen atoms in total. The van der Waals surface area contributed by atoms with E-state index in [-0.39, 0.29) is 18.3 Å². The largest absolute Gasteiger partial charge is 0.351 e. The van der Waals surface area contributed by atoms with Gasteiger partial charge >= 0.3 is 0 Å². The van der Waals surface area contributed by atoms with E-state index in [4.69, 9.17) is 0 Å². The fourth-order valence-electron chi connectivity index (χ4n) is 2.82. The third kappa shape index (κ3) is 3.80. The summed E-state index contributed by atoms with van der Waals surface area (Å²) < 4.78 is -0.557. The highest BCUT2D eigenvalue weighted by Gasteiger charge is 2.67. The average molecular weight is 616 g/mol. The number of amides is 2. The summed E-state index contributed by atoms with van der Waals surface area (Å²) in [5, 5.41) is 5.97. The summed E-state index contributed by atoms with van der Waals surface area (Å²) in [7, 11) is 0. The van der Waals surface area contributed by atoms with Gasteiger partial charge in [0.1, 0.15) is 0 Å². The van der Waals surface area contributed by atoms with E-state index in [1.165, 1.54) is 0 Å². The Kier molecular flexibility index (Phi) is 5.48. The van der Waals surface area contributed by atoms with Gasteiger partial charge in [-0.3, -0.25) is 9.59 Å². The molecule has 1 aromatic rings. The van der Waals surface area contributed by atoms with E-state index in [1.54, 1.807) is 0 Å². The summed E-state index contributed by atoms with van der Waals surface area (Å²) in [6.45, 7) is 4.86. The standard InChI is InChI=1S/C18H20Br4N2O2/c1-15(9-17(15,19)20)13(25)23-7-11-3-5-12(6-4-11)8-24-14(26)16(2)10-18(16,21)22/h3-6H,7-10H2,1-2H3,(H,23,25)(H,24,26). The Hall–Kier alpha value is 0.0800. The first-order valence-electron chi connectivity index (χ1n) is 8.31. The molecule has 0 saturated heterocycles. The summed E-state index contributed by atoms with van der Waals surface area (Å²) >= 11 is 14.1. The molecule has 0 bridgehead atoms. The summed E-state index contributed by atoms with van der Waals surface area (Å²) in [6, 6.07) is 7.91. The van der Waals surface area contributed by atoms with Crippen LogP contribution in [0.15, 0.2) is 24.3 Å². The second kappa shape index (κ2) is 6.85. The molecule has 26 heavy (non-hydrogen) atoms. The average Bonchev–Trinajstić information content (AvgIpc) is 3.31. The van der Waals surface area contributed by atoms with Crippen molar-refractivity contribution < 1.29 is 9.59 Å². The number of nitrogens with one attached hydrogen (secondary N) is 2. The normalized spacial score (nSPS) is 30.4. The lowest BCUT2D eigenvalue weighted by Crippen LogP contribution is -2.33. The molecule has 2 aliphatic rings. The van der Waals surface area contributed by atoms with Gasteiger partial charge in [0.2, 0.25) is 11.8 Å². The van der Waals surface area contributed by atoms with Gasteiger partial charge in [-0.2, -0.15) is 0 Å². The predicted octanol–water partition coefficient (Wildman–Crippen LogP) is 4.71. The Morgan fingerprint density at radius 1 is 0.808 bits per heavy atom. The zero-order chi connectivity index (χ0) is 19.4. The van der Waals surface area contributed by atoms with Crippen LogP contribution in [-0.4, -0.2) is 18.3 Å². The minimum absolute atomic E-state index is 0.0355. The van der Waals surface area contributed by atoms with Gasteiger partial charge < -0.3 is 10.6 Å². The lowest BCUT2D eigenvalue weighted by Gasteiger charge is -2.14. The molecule has 8 heteroatoms. The highest BCUT2D eigenvalue weighted by Crippen LogP contribution is 2.67. The van der Waals surface area contributed by atoms with Crippen LogP contribution in [0.25, 0.3) is 0 Å². The first-order chi connectivity index (χ1) is 11.9. The second-order valence-electron chi connectivity index (χ2n) is 7.61. The van der Waals surface area contributed by atoms with Gasteiger partial charge in [0.05, 0.1) is 17.3 Å². The molecule has 2 fully saturated rings. The number of alkyl halides is 4. The molecule has 0 heterocycles. The molecule has 142 valence electrons. The Bertz CT molecular complexity index is 687. The van der Waals surface area contributed by atoms with Crippen LogP contribution in [0, 0.1) is 10.8 Å². The van der Waals surface area contributed by atoms with E-state index in [9.17, 15) is 9.59 Å². The highest BCUT2D eigenvalue weighted by molar-refractivity contribution is 9.26. The number of carbonyl (C=O) groups excluding carboxylic acids is 2. The number of benzene rings is 1. The SMILES string of the molecule is CC1(C(=O)NCc2ccc(CNC(=O)C3(C)CC3(Br)Br)cc2)CC1(Br)Br. The van der Waals surface area contributed by atoms with E-state index in [2.05, 4.69) is 74.4 Å². The van der Waals surface area contributed by atoms with Gasteiger partial charge in [-0.1, -0.05) is 88.0 Å². The van der Waals surface area contributed by atoms with Crippen molar-refractivity contribution >= 4 is 75.5 Å². The van der Waals surface area contributed by atoms with Crippen LogP contribution in [0.5, 0.6) is 0 Å². The quantitative estimate of drug-likeness (QED) is 0.456. The molecule has 0 radical (unpaired) electrons. The van der Waals surface area contributed by atoms with Crippen LogP contribution in [-0.2, 0) is 22.7 Å². The van der Waals surface area contributed by atoms with Crippen LogP contribution in [0.3, 0.4) is 0 Å². The molecule has 2 aliphatic carbocycles. The van der Waals surface area contributed by atoms with Gasteiger partial charge in [0.15, 0.2) is 0 Å². The maximum Gasteiger partial charge on any atom is 0.228 e. The Morgan fingerprint density at radius 2 is 1.08 bits per heavy atom. The first-order valence-corrected chi connectivity index (χ1v) is 11.5. The van der Waals surface area contributed by atoms with Crippen molar-refractivity contribution in [1.29, 1.82) is 0 Å². The van der Waals surface area contributed by atoms with Crippen molar-refractivity contribution in [3.63, 3.8) is 0 Å². The van der Waals surface area contributed by atoms with Gasteiger partial charge in [-0.05, 0) is 37.8 Å². The number of hydrogen-bond acceptors (Lipinski definition) is 2. The van der Waals surface area contributed by atoms with E-state index < -0.39 is 10.8 Å². The highest BCUT2D eigenvalue weighted by atomic mass is 79.9. The predicted molar refractivity (Wildman–Crippen MR) is 117 cm³/mol. The molecule has 2 N–H and O–H groups in total. The molecule has 0 spiro atoms. The summed E-state index contributed by atoms with van der Waals surface area (Å²) in [4.78, 5) is 24.6. The molecule has 2 unspecified atom stereocenters. The van der Waals surface area contributed by atoms with Gasteiger partial charge in [0, 0.05) is 13.1 Å². The van der Waals surface area contributed by atoms with Crippen molar-refractivity contribution in [2.75, 3.05) is 0 Å². The second-order valence-corrected chi connectivity index (χ2v) is 15.2. The zero-order valence-electron chi connectivity index (χ0n) is 14.5. The van der Waals surface area contributed by atoms with Crippen molar-refractivity contribution in [3.8, 4) is 0 Å². The van der Waals surface area contributed by atoms with Crippen molar-refractivity contribution in [3.05, 3.63) is 35.4 Å². The van der Waals surface area contributed by atoms with E-state index in [1.807, 2.05) is 38.1 Å². The molecule has 3 rings (SSSR count). The van der Waals surface area contributed by atoms with Crippen molar-refractivity contribution in [1.82, 2.24) is 10.6 Å². The molecule has 2 atom stereocenters. The topological polar surface area (TPSA) is 58.2 Å². The third-order valence-corrected chi connectivity index (χ3v) is 10.1. The van der Waals surface area contributed by atoms with E-state index in [0.717, 1.165) is 24.0 Å². The lowest BCUT2D eigenvalue weighted by molar-refractivity contribution is -0.126. The smallest absolute Gasteiger partial charge is 0.228 e. The minimum atomic E-state index is -0.407. The molecule has 0 aromatic heterocycles. The molecule has 1 aromatic carbocycles. The molecular weight excluding hydrogens is 596 g/mol. The first kappa shape index (κ1) is 20.8. The molecule has 0 aliphatic heterocycles. The number of rotatable bonds is 6. The van der Waals surface area contributed by atoms with Crippen LogP contribution < -0.4 is 10.6 Å². The summed E-state index contributed by atoms with van der Waals surface area (Å²) in [6.07, 6.45) is 1.54. The van der Waals surface area contributed by atoms with Gasteiger partial charge in [0.25, 0.3) is 0 Å². The fraction of sp³-hybridized carbons (Fsp3) is 0.556. The van der Waals surface area contributed by atoms with Crippen LogP contribution in [0.4, 0.5) is 0 Å². The maximum atomic E-state index is 12.3. The Morgan fingerprint density at radius 3 is 1.31 bits per heavy atom. The van der Waals surface area contributed by atoms with Crippen LogP contribution >= 0.6 is 63.7 Å². The Balaban J connectivity index is 1.47. The van der Waals surface area contributed by atoms with E-state index in [0.29, 0.717) is 13.1 Å². The van der Waals surface area contributed by atoms with E-state index >= 15 is 0 Å². The number of carbonyl (C=O) groups is 2. The molecule has 2 saturated carbocycles. The summed E-state index contributed by atoms with van der Waals surface area (Å²) in [5.74, 6) is 0.0709. The lowest BCUT2D eigenvalue weighted by atomic mass is 10.1. The minimum Gasteiger partial charge on any atom is -0.351 e. The molecule has 2 amide bonds. The summed E-state index contributed by atoms with van der Waals surface area (Å²) in [5.41, 5.74) is 1.25. The number of hydrogen-bond donors (Lipinski definition) is 2. The zero-order valence-corrected chi connectivity index (χ0v) is 20.8. The van der Waals surface area contributed by atoms with Gasteiger partial charge in [-0.15, -0.1) is 0 Å². The van der Waals surface area contributed by atoms with Crippen LogP contribution in [0.1, 0.15) is 37.8 Å². The van der Waals surface area contributed by atoms with Crippen molar-refractivity contribution in [2.24, 2.45) is 10.8 Å². The monoisotopic (exact) mass is 612 g/mol. The van der Waals surface area contributed by atoms with Crippen LogP contribution in [0.2, 0.25) is 0 Å².